The first-order valence-corrected chi connectivity index (χ1v) is 6.15. The summed E-state index contributed by atoms with van der Waals surface area (Å²) in [5, 5.41) is 2.59. The van der Waals surface area contributed by atoms with E-state index in [0.717, 1.165) is 0 Å². The molecule has 3 N–H and O–H groups in total. The van der Waals surface area contributed by atoms with Crippen LogP contribution < -0.4 is 11.1 Å². The predicted molar refractivity (Wildman–Crippen MR) is 73.2 cm³/mol. The van der Waals surface area contributed by atoms with Crippen molar-refractivity contribution < 1.29 is 13.6 Å². The number of benzene rings is 2. The van der Waals surface area contributed by atoms with Crippen LogP contribution in [-0.2, 0) is 6.42 Å². The lowest BCUT2D eigenvalue weighted by Gasteiger charge is -2.08. The van der Waals surface area contributed by atoms with Crippen LogP contribution in [0.1, 0.15) is 15.9 Å². The molecule has 0 saturated carbocycles. The molecule has 2 rings (SSSR count). The van der Waals surface area contributed by atoms with Crippen LogP contribution in [0.2, 0.25) is 0 Å². The monoisotopic (exact) mass is 276 g/mol. The number of nitrogens with one attached hydrogen (secondary N) is 1. The van der Waals surface area contributed by atoms with E-state index in [0.29, 0.717) is 12.0 Å². The van der Waals surface area contributed by atoms with Gasteiger partial charge in [0.25, 0.3) is 5.91 Å². The molecular formula is C15H14F2N2O. The fourth-order valence-electron chi connectivity index (χ4n) is 1.84. The van der Waals surface area contributed by atoms with E-state index in [9.17, 15) is 13.6 Å². The number of halogens is 2. The van der Waals surface area contributed by atoms with Gasteiger partial charge in [-0.25, -0.2) is 8.78 Å². The van der Waals surface area contributed by atoms with Crippen molar-refractivity contribution in [1.82, 2.24) is 5.32 Å². The standard InChI is InChI=1S/C15H14F2N2O/c16-12-6-2-1-4-10(12)8-9-19-15(20)11-5-3-7-13(17)14(11)18/h1-7H,8-9,18H2,(H,19,20). The van der Waals surface area contributed by atoms with Crippen molar-refractivity contribution >= 4 is 11.6 Å². The average molecular weight is 276 g/mol. The van der Waals surface area contributed by atoms with Crippen LogP contribution >= 0.6 is 0 Å². The molecule has 104 valence electrons. The van der Waals surface area contributed by atoms with E-state index < -0.39 is 11.7 Å². The van der Waals surface area contributed by atoms with E-state index in [2.05, 4.69) is 5.32 Å². The average Bonchev–Trinajstić information content (AvgIpc) is 2.44. The summed E-state index contributed by atoms with van der Waals surface area (Å²) in [6.45, 7) is 0.246. The van der Waals surface area contributed by atoms with Crippen LogP contribution in [0.4, 0.5) is 14.5 Å². The number of anilines is 1. The van der Waals surface area contributed by atoms with Gasteiger partial charge in [-0.15, -0.1) is 0 Å². The van der Waals surface area contributed by atoms with E-state index in [1.54, 1.807) is 18.2 Å². The van der Waals surface area contributed by atoms with Gasteiger partial charge in [0.15, 0.2) is 0 Å². The minimum absolute atomic E-state index is 0.0820. The van der Waals surface area contributed by atoms with E-state index in [1.807, 2.05) is 0 Å². The molecule has 0 aromatic heterocycles. The molecule has 2 aromatic carbocycles. The van der Waals surface area contributed by atoms with Crippen LogP contribution in [-0.4, -0.2) is 12.5 Å². The van der Waals surface area contributed by atoms with Crippen LogP contribution in [0.15, 0.2) is 42.5 Å². The Morgan fingerprint density at radius 2 is 1.75 bits per heavy atom. The van der Waals surface area contributed by atoms with Crippen molar-refractivity contribution in [2.45, 2.75) is 6.42 Å². The molecule has 0 aliphatic carbocycles. The highest BCUT2D eigenvalue weighted by Crippen LogP contribution is 2.15. The van der Waals surface area contributed by atoms with Crippen molar-refractivity contribution in [1.29, 1.82) is 0 Å². The molecule has 3 nitrogen and oxygen atoms in total. The SMILES string of the molecule is Nc1c(F)cccc1C(=O)NCCc1ccccc1F. The summed E-state index contributed by atoms with van der Waals surface area (Å²) in [4.78, 5) is 11.8. The first-order valence-electron chi connectivity index (χ1n) is 6.15. The van der Waals surface area contributed by atoms with Gasteiger partial charge in [0.1, 0.15) is 11.6 Å². The number of hydrogen-bond acceptors (Lipinski definition) is 2. The highest BCUT2D eigenvalue weighted by atomic mass is 19.1. The fourth-order valence-corrected chi connectivity index (χ4v) is 1.84. The normalized spacial score (nSPS) is 10.3. The third kappa shape index (κ3) is 3.12. The number of amides is 1. The van der Waals surface area contributed by atoms with E-state index in [4.69, 9.17) is 5.73 Å². The minimum atomic E-state index is -0.633. The summed E-state index contributed by atoms with van der Waals surface area (Å²) in [6.07, 6.45) is 0.355. The lowest BCUT2D eigenvalue weighted by atomic mass is 10.1. The van der Waals surface area contributed by atoms with Crippen molar-refractivity contribution in [3.8, 4) is 0 Å². The molecule has 5 heteroatoms. The summed E-state index contributed by atoms with van der Waals surface area (Å²) in [7, 11) is 0. The second kappa shape index (κ2) is 6.14. The Hall–Kier alpha value is -2.43. The van der Waals surface area contributed by atoms with Gasteiger partial charge in [0, 0.05) is 6.54 Å². The Morgan fingerprint density at radius 3 is 2.50 bits per heavy atom. The third-order valence-corrected chi connectivity index (χ3v) is 2.94. The summed E-state index contributed by atoms with van der Waals surface area (Å²) < 4.78 is 26.6. The molecule has 0 aliphatic heterocycles. The number of nitrogens with two attached hydrogens (primary N) is 1. The molecule has 0 heterocycles. The molecule has 0 atom stereocenters. The number of carbonyl (C=O) groups is 1. The molecule has 0 saturated heterocycles. The van der Waals surface area contributed by atoms with E-state index in [-0.39, 0.29) is 23.6 Å². The third-order valence-electron chi connectivity index (χ3n) is 2.94. The largest absolute Gasteiger partial charge is 0.396 e. The Labute approximate surface area is 115 Å². The molecule has 0 fully saturated rings. The lowest BCUT2D eigenvalue weighted by molar-refractivity contribution is 0.0954. The summed E-state index contributed by atoms with van der Waals surface area (Å²) in [5.41, 5.74) is 5.91. The molecule has 0 bridgehead atoms. The van der Waals surface area contributed by atoms with E-state index >= 15 is 0 Å². The second-order valence-electron chi connectivity index (χ2n) is 4.30. The Balaban J connectivity index is 1.96. The highest BCUT2D eigenvalue weighted by Gasteiger charge is 2.12. The smallest absolute Gasteiger partial charge is 0.253 e. The van der Waals surface area contributed by atoms with Gasteiger partial charge in [-0.3, -0.25) is 4.79 Å². The molecule has 0 radical (unpaired) electrons. The van der Waals surface area contributed by atoms with Crippen LogP contribution in [0, 0.1) is 11.6 Å². The summed E-state index contributed by atoms with van der Waals surface area (Å²) in [6, 6.07) is 10.4. The first-order chi connectivity index (χ1) is 9.59. The summed E-state index contributed by atoms with van der Waals surface area (Å²) in [5.74, 6) is -1.42. The lowest BCUT2D eigenvalue weighted by Crippen LogP contribution is -2.27. The van der Waals surface area contributed by atoms with Gasteiger partial charge in [-0.2, -0.15) is 0 Å². The minimum Gasteiger partial charge on any atom is -0.396 e. The van der Waals surface area contributed by atoms with Crippen molar-refractivity contribution in [2.24, 2.45) is 0 Å². The molecule has 20 heavy (non-hydrogen) atoms. The number of hydrogen-bond donors (Lipinski definition) is 2. The van der Waals surface area contributed by atoms with Gasteiger partial charge in [-0.05, 0) is 30.2 Å². The molecule has 1 amide bonds. The van der Waals surface area contributed by atoms with Crippen LogP contribution in [0.5, 0.6) is 0 Å². The van der Waals surface area contributed by atoms with Gasteiger partial charge in [-0.1, -0.05) is 24.3 Å². The summed E-state index contributed by atoms with van der Waals surface area (Å²) >= 11 is 0. The Morgan fingerprint density at radius 1 is 1.05 bits per heavy atom. The number of nitrogen functional groups attached to an aromatic ring is 1. The molecule has 0 unspecified atom stereocenters. The van der Waals surface area contributed by atoms with Crippen LogP contribution in [0.25, 0.3) is 0 Å². The molecule has 2 aromatic rings. The molecule has 0 spiro atoms. The number of carbonyl (C=O) groups excluding carboxylic acids is 1. The van der Waals surface area contributed by atoms with Gasteiger partial charge in [0.05, 0.1) is 11.3 Å². The fraction of sp³-hybridized carbons (Fsp3) is 0.133. The maximum absolute atomic E-state index is 13.4. The second-order valence-corrected chi connectivity index (χ2v) is 4.30. The van der Waals surface area contributed by atoms with E-state index in [1.165, 1.54) is 24.3 Å². The van der Waals surface area contributed by atoms with Crippen molar-refractivity contribution in [3.05, 3.63) is 65.2 Å². The predicted octanol–water partition coefficient (Wildman–Crippen LogP) is 2.52. The molecule has 0 aliphatic rings. The first kappa shape index (κ1) is 14.0. The highest BCUT2D eigenvalue weighted by molar-refractivity contribution is 5.99. The Bertz CT molecular complexity index is 629. The van der Waals surface area contributed by atoms with Crippen LogP contribution in [0.3, 0.4) is 0 Å². The maximum atomic E-state index is 13.4. The van der Waals surface area contributed by atoms with Gasteiger partial charge in [0.2, 0.25) is 0 Å². The van der Waals surface area contributed by atoms with Gasteiger partial charge >= 0.3 is 0 Å². The number of rotatable bonds is 4. The zero-order valence-electron chi connectivity index (χ0n) is 10.7. The zero-order chi connectivity index (χ0) is 14.5. The zero-order valence-corrected chi connectivity index (χ0v) is 10.7. The quantitative estimate of drug-likeness (QED) is 0.843. The maximum Gasteiger partial charge on any atom is 0.253 e. The van der Waals surface area contributed by atoms with Crippen molar-refractivity contribution in [3.63, 3.8) is 0 Å². The van der Waals surface area contributed by atoms with Crippen molar-refractivity contribution in [2.75, 3.05) is 12.3 Å². The topological polar surface area (TPSA) is 55.1 Å². The molecular weight excluding hydrogens is 262 g/mol. The Kier molecular flexibility index (Phi) is 4.30. The van der Waals surface area contributed by atoms with Gasteiger partial charge < -0.3 is 11.1 Å². The number of para-hydroxylation sites is 1.